The van der Waals surface area contributed by atoms with Crippen LogP contribution in [-0.4, -0.2) is 22.5 Å². The van der Waals surface area contributed by atoms with E-state index >= 15 is 0 Å². The van der Waals surface area contributed by atoms with Crippen molar-refractivity contribution < 1.29 is 9.90 Å². The van der Waals surface area contributed by atoms with Gasteiger partial charge in [0, 0.05) is 23.5 Å². The van der Waals surface area contributed by atoms with Crippen molar-refractivity contribution in [1.82, 2.24) is 10.3 Å². The molecule has 3 N–H and O–H groups in total. The molecule has 0 fully saturated rings. The molecule has 0 spiro atoms. The maximum Gasteiger partial charge on any atom is 0.268 e. The van der Waals surface area contributed by atoms with E-state index in [-0.39, 0.29) is 11.7 Å². The molecule has 76 valence electrons. The third kappa shape index (κ3) is 1.11. The summed E-state index contributed by atoms with van der Waals surface area (Å²) in [5, 5.41) is 13.1. The molecule has 1 amide bonds. The van der Waals surface area contributed by atoms with Crippen LogP contribution >= 0.6 is 0 Å². The number of rotatable bonds is 0. The lowest BCUT2D eigenvalue weighted by atomic mass is 10.0. The number of nitrogens with one attached hydrogen (secondary N) is 2. The molecule has 0 saturated carbocycles. The van der Waals surface area contributed by atoms with Gasteiger partial charge in [-0.15, -0.1) is 0 Å². The van der Waals surface area contributed by atoms with Gasteiger partial charge < -0.3 is 15.4 Å². The van der Waals surface area contributed by atoms with Gasteiger partial charge >= 0.3 is 0 Å². The Balaban J connectivity index is 2.35. The molecule has 0 saturated heterocycles. The third-order valence-corrected chi connectivity index (χ3v) is 2.78. The van der Waals surface area contributed by atoms with Crippen LogP contribution in [0, 0.1) is 0 Å². The van der Waals surface area contributed by atoms with Gasteiger partial charge in [-0.2, -0.15) is 0 Å². The molecule has 2 aromatic rings. The minimum Gasteiger partial charge on any atom is -0.508 e. The second-order valence-corrected chi connectivity index (χ2v) is 3.71. The Morgan fingerprint density at radius 2 is 2.20 bits per heavy atom. The van der Waals surface area contributed by atoms with E-state index < -0.39 is 0 Å². The Morgan fingerprint density at radius 3 is 3.07 bits per heavy atom. The summed E-state index contributed by atoms with van der Waals surface area (Å²) in [6, 6.07) is 5.13. The first kappa shape index (κ1) is 8.35. The van der Waals surface area contributed by atoms with Crippen molar-refractivity contribution in [2.24, 2.45) is 0 Å². The average molecular weight is 202 g/mol. The Labute approximate surface area is 85.9 Å². The number of carbonyl (C=O) groups is 1. The lowest BCUT2D eigenvalue weighted by Crippen LogP contribution is -2.31. The highest BCUT2D eigenvalue weighted by atomic mass is 16.3. The minimum atomic E-state index is -0.0630. The zero-order chi connectivity index (χ0) is 10.4. The monoisotopic (exact) mass is 202 g/mol. The molecular weight excluding hydrogens is 192 g/mol. The van der Waals surface area contributed by atoms with Crippen LogP contribution in [-0.2, 0) is 6.42 Å². The SMILES string of the molecule is O=C1NCCc2c1[nH]c1cc(O)ccc21. The van der Waals surface area contributed by atoms with Crippen molar-refractivity contribution in [3.63, 3.8) is 0 Å². The van der Waals surface area contributed by atoms with E-state index in [1.54, 1.807) is 12.1 Å². The maximum absolute atomic E-state index is 11.5. The van der Waals surface area contributed by atoms with Crippen LogP contribution in [0.15, 0.2) is 18.2 Å². The molecule has 0 radical (unpaired) electrons. The van der Waals surface area contributed by atoms with E-state index in [2.05, 4.69) is 10.3 Å². The molecule has 4 nitrogen and oxygen atoms in total. The van der Waals surface area contributed by atoms with Crippen molar-refractivity contribution in [1.29, 1.82) is 0 Å². The van der Waals surface area contributed by atoms with Crippen LogP contribution < -0.4 is 5.32 Å². The number of fused-ring (bicyclic) bond motifs is 3. The van der Waals surface area contributed by atoms with Crippen LogP contribution in [0.3, 0.4) is 0 Å². The van der Waals surface area contributed by atoms with Crippen LogP contribution in [0.5, 0.6) is 5.75 Å². The smallest absolute Gasteiger partial charge is 0.268 e. The Hall–Kier alpha value is -1.97. The van der Waals surface area contributed by atoms with E-state index in [0.717, 1.165) is 22.9 Å². The third-order valence-electron chi connectivity index (χ3n) is 2.78. The average Bonchev–Trinajstić information content (AvgIpc) is 2.57. The van der Waals surface area contributed by atoms with Gasteiger partial charge in [0.05, 0.1) is 0 Å². The Kier molecular flexibility index (Phi) is 1.54. The van der Waals surface area contributed by atoms with Gasteiger partial charge in [-0.05, 0) is 24.1 Å². The van der Waals surface area contributed by atoms with Crippen molar-refractivity contribution in [2.45, 2.75) is 6.42 Å². The van der Waals surface area contributed by atoms with Crippen molar-refractivity contribution in [2.75, 3.05) is 6.54 Å². The molecule has 3 rings (SSSR count). The highest BCUT2D eigenvalue weighted by Crippen LogP contribution is 2.27. The van der Waals surface area contributed by atoms with Crippen LogP contribution in [0.25, 0.3) is 10.9 Å². The number of aromatic hydroxyl groups is 1. The fraction of sp³-hybridized carbons (Fsp3) is 0.182. The van der Waals surface area contributed by atoms with Crippen LogP contribution in [0.1, 0.15) is 16.1 Å². The fourth-order valence-corrected chi connectivity index (χ4v) is 2.09. The second kappa shape index (κ2) is 2.76. The number of aromatic amines is 1. The van der Waals surface area contributed by atoms with Gasteiger partial charge in [-0.25, -0.2) is 0 Å². The summed E-state index contributed by atoms with van der Waals surface area (Å²) in [6.45, 7) is 0.680. The van der Waals surface area contributed by atoms with Crippen molar-refractivity contribution in [3.05, 3.63) is 29.5 Å². The maximum atomic E-state index is 11.5. The number of hydrogen-bond acceptors (Lipinski definition) is 2. The number of aromatic nitrogens is 1. The quantitative estimate of drug-likeness (QED) is 0.600. The molecule has 1 aliphatic rings. The fourth-order valence-electron chi connectivity index (χ4n) is 2.09. The predicted molar refractivity (Wildman–Crippen MR) is 56.0 cm³/mol. The minimum absolute atomic E-state index is 0.0630. The second-order valence-electron chi connectivity index (χ2n) is 3.71. The Bertz CT molecular complexity index is 557. The summed E-state index contributed by atoms with van der Waals surface area (Å²) in [4.78, 5) is 14.6. The summed E-state index contributed by atoms with van der Waals surface area (Å²) in [6.07, 6.45) is 0.839. The molecule has 1 aromatic carbocycles. The summed E-state index contributed by atoms with van der Waals surface area (Å²) in [7, 11) is 0. The topological polar surface area (TPSA) is 65.1 Å². The van der Waals surface area contributed by atoms with Crippen LogP contribution in [0.4, 0.5) is 0 Å². The summed E-state index contributed by atoms with van der Waals surface area (Å²) in [5.41, 5.74) is 2.49. The summed E-state index contributed by atoms with van der Waals surface area (Å²) in [5.74, 6) is 0.147. The molecule has 4 heteroatoms. The van der Waals surface area contributed by atoms with Gasteiger partial charge in [0.1, 0.15) is 11.4 Å². The number of benzene rings is 1. The van der Waals surface area contributed by atoms with E-state index in [0.29, 0.717) is 12.2 Å². The van der Waals surface area contributed by atoms with Gasteiger partial charge in [0.25, 0.3) is 5.91 Å². The number of hydrogen-bond donors (Lipinski definition) is 3. The predicted octanol–water partition coefficient (Wildman–Crippen LogP) is 1.16. The molecule has 0 unspecified atom stereocenters. The summed E-state index contributed by atoms with van der Waals surface area (Å²) >= 11 is 0. The van der Waals surface area contributed by atoms with Gasteiger partial charge in [0.2, 0.25) is 0 Å². The van der Waals surface area contributed by atoms with Gasteiger partial charge in [-0.3, -0.25) is 4.79 Å². The standard InChI is InChI=1S/C11H10N2O2/c14-6-1-2-7-8-3-4-12-11(15)10(8)13-9(7)5-6/h1-2,5,13-14H,3-4H2,(H,12,15). The number of H-pyrrole nitrogens is 1. The molecule has 1 aliphatic heterocycles. The molecule has 2 heterocycles. The van der Waals surface area contributed by atoms with Crippen molar-refractivity contribution in [3.8, 4) is 5.75 Å². The first-order chi connectivity index (χ1) is 7.25. The molecule has 15 heavy (non-hydrogen) atoms. The number of carbonyl (C=O) groups excluding carboxylic acids is 1. The van der Waals surface area contributed by atoms with E-state index in [9.17, 15) is 9.90 Å². The normalized spacial score (nSPS) is 15.1. The molecule has 0 aliphatic carbocycles. The van der Waals surface area contributed by atoms with Gasteiger partial charge in [-0.1, -0.05) is 0 Å². The van der Waals surface area contributed by atoms with E-state index in [4.69, 9.17) is 0 Å². The Morgan fingerprint density at radius 1 is 1.33 bits per heavy atom. The first-order valence-electron chi connectivity index (χ1n) is 4.87. The molecular formula is C11H10N2O2. The van der Waals surface area contributed by atoms with Crippen molar-refractivity contribution >= 4 is 16.8 Å². The van der Waals surface area contributed by atoms with Gasteiger partial charge in [0.15, 0.2) is 0 Å². The zero-order valence-corrected chi connectivity index (χ0v) is 8.00. The van der Waals surface area contributed by atoms with E-state index in [1.165, 1.54) is 0 Å². The lowest BCUT2D eigenvalue weighted by molar-refractivity contribution is 0.0942. The number of phenols is 1. The molecule has 0 bridgehead atoms. The number of phenolic OH excluding ortho intramolecular Hbond substituents is 1. The molecule has 1 aromatic heterocycles. The van der Waals surface area contributed by atoms with Crippen LogP contribution in [0.2, 0.25) is 0 Å². The lowest BCUT2D eigenvalue weighted by Gasteiger charge is -2.11. The van der Waals surface area contributed by atoms with E-state index in [1.807, 2.05) is 6.07 Å². The zero-order valence-electron chi connectivity index (χ0n) is 8.00. The highest BCUT2D eigenvalue weighted by Gasteiger charge is 2.21. The summed E-state index contributed by atoms with van der Waals surface area (Å²) < 4.78 is 0. The largest absolute Gasteiger partial charge is 0.508 e. The number of amides is 1. The first-order valence-corrected chi connectivity index (χ1v) is 4.87. The molecule has 0 atom stereocenters. The highest BCUT2D eigenvalue weighted by molar-refractivity contribution is 6.02.